The minimum Gasteiger partial charge on any atom is -0.465 e. The number of carbonyl (C=O) groups excluding carboxylic acids is 1. The first-order valence-corrected chi connectivity index (χ1v) is 9.40. The quantitative estimate of drug-likeness (QED) is 0.279. The van der Waals surface area contributed by atoms with Crippen LogP contribution in [0.15, 0.2) is 77.7 Å². The number of benzene rings is 2. The molecule has 4 rings (SSSR count). The number of hydrogen-bond donors (Lipinski definition) is 0. The zero-order valence-corrected chi connectivity index (χ0v) is 16.5. The predicted molar refractivity (Wildman–Crippen MR) is 115 cm³/mol. The van der Waals surface area contributed by atoms with Gasteiger partial charge >= 0.3 is 5.97 Å². The van der Waals surface area contributed by atoms with Crippen molar-refractivity contribution in [2.45, 2.75) is 6.54 Å². The van der Waals surface area contributed by atoms with Crippen LogP contribution in [0.25, 0.3) is 22.0 Å². The van der Waals surface area contributed by atoms with Crippen LogP contribution in [0.3, 0.4) is 0 Å². The maximum absolute atomic E-state index is 12.9. The van der Waals surface area contributed by atoms with Gasteiger partial charge in [-0.2, -0.15) is 0 Å². The number of para-hydroxylation sites is 1. The molecule has 0 aliphatic rings. The minimum absolute atomic E-state index is 0.129. The molecule has 0 N–H and O–H groups in total. The molecule has 2 heterocycles. The van der Waals surface area contributed by atoms with Crippen molar-refractivity contribution in [3.63, 3.8) is 0 Å². The van der Waals surface area contributed by atoms with Crippen LogP contribution >= 0.6 is 0 Å². The largest absolute Gasteiger partial charge is 0.465 e. The molecule has 0 aliphatic carbocycles. The highest BCUT2D eigenvalue weighted by molar-refractivity contribution is 6.07. The van der Waals surface area contributed by atoms with E-state index < -0.39 is 16.5 Å². The molecule has 8 nitrogen and oxygen atoms in total. The first kappa shape index (κ1) is 20.0. The van der Waals surface area contributed by atoms with Gasteiger partial charge < -0.3 is 9.30 Å². The van der Waals surface area contributed by atoms with Crippen LogP contribution in [0.2, 0.25) is 0 Å². The van der Waals surface area contributed by atoms with Crippen LogP contribution in [0.4, 0.5) is 5.69 Å². The summed E-state index contributed by atoms with van der Waals surface area (Å²) in [4.78, 5) is 40.4. The van der Waals surface area contributed by atoms with Crippen molar-refractivity contribution in [3.05, 3.63) is 105 Å². The van der Waals surface area contributed by atoms with Crippen molar-refractivity contribution >= 4 is 22.6 Å². The lowest BCUT2D eigenvalue weighted by Gasteiger charge is -2.17. The van der Waals surface area contributed by atoms with Crippen molar-refractivity contribution < 1.29 is 14.5 Å². The number of esters is 1. The van der Waals surface area contributed by atoms with Gasteiger partial charge in [-0.3, -0.25) is 14.9 Å². The third-order valence-electron chi connectivity index (χ3n) is 4.92. The molecule has 154 valence electrons. The van der Waals surface area contributed by atoms with E-state index in [2.05, 4.69) is 4.98 Å². The Bertz CT molecular complexity index is 1360. The van der Waals surface area contributed by atoms with E-state index >= 15 is 0 Å². The van der Waals surface area contributed by atoms with Crippen LogP contribution in [0.1, 0.15) is 16.1 Å². The predicted octanol–water partition coefficient (Wildman–Crippen LogP) is 3.81. The molecule has 0 aliphatic heterocycles. The third-order valence-corrected chi connectivity index (χ3v) is 4.92. The van der Waals surface area contributed by atoms with Crippen molar-refractivity contribution in [2.24, 2.45) is 0 Å². The zero-order chi connectivity index (χ0) is 22.0. The van der Waals surface area contributed by atoms with Gasteiger partial charge in [0.05, 0.1) is 41.5 Å². The second-order valence-electron chi connectivity index (χ2n) is 6.79. The van der Waals surface area contributed by atoms with Crippen LogP contribution in [-0.2, 0) is 11.3 Å². The fourth-order valence-corrected chi connectivity index (χ4v) is 3.52. The molecule has 0 saturated carbocycles. The number of fused-ring (bicyclic) bond motifs is 1. The van der Waals surface area contributed by atoms with Crippen LogP contribution in [0, 0.1) is 10.1 Å². The third kappa shape index (κ3) is 3.78. The normalized spacial score (nSPS) is 10.7. The Labute approximate surface area is 176 Å². The molecule has 0 bridgehead atoms. The Morgan fingerprint density at radius 3 is 2.48 bits per heavy atom. The molecule has 0 unspecified atom stereocenters. The molecule has 0 atom stereocenters. The van der Waals surface area contributed by atoms with Crippen molar-refractivity contribution in [2.75, 3.05) is 7.11 Å². The van der Waals surface area contributed by atoms with E-state index in [4.69, 9.17) is 4.74 Å². The molecule has 0 radical (unpaired) electrons. The molecule has 2 aromatic carbocycles. The number of methoxy groups -OCH3 is 1. The molecule has 0 spiro atoms. The lowest BCUT2D eigenvalue weighted by atomic mass is 9.94. The Balaban J connectivity index is 2.02. The van der Waals surface area contributed by atoms with Crippen molar-refractivity contribution in [1.29, 1.82) is 0 Å². The summed E-state index contributed by atoms with van der Waals surface area (Å²) in [6, 6.07) is 18.9. The summed E-state index contributed by atoms with van der Waals surface area (Å²) in [5.41, 5.74) is 1.86. The summed E-state index contributed by atoms with van der Waals surface area (Å²) in [7, 11) is 1.27. The summed E-state index contributed by atoms with van der Waals surface area (Å²) in [5.74, 6) is -0.606. The molecular formula is C23H17N3O5. The maximum atomic E-state index is 12.9. The summed E-state index contributed by atoms with van der Waals surface area (Å²) >= 11 is 0. The average molecular weight is 415 g/mol. The number of carbonyl (C=O) groups is 1. The number of nitro groups is 1. The van der Waals surface area contributed by atoms with Crippen LogP contribution in [0.5, 0.6) is 0 Å². The molecule has 0 saturated heterocycles. The fourth-order valence-electron chi connectivity index (χ4n) is 3.52. The Morgan fingerprint density at radius 1 is 1.06 bits per heavy atom. The van der Waals surface area contributed by atoms with Crippen molar-refractivity contribution in [3.8, 4) is 11.1 Å². The molecule has 31 heavy (non-hydrogen) atoms. The summed E-state index contributed by atoms with van der Waals surface area (Å²) < 4.78 is 6.21. The zero-order valence-electron chi connectivity index (χ0n) is 16.5. The number of rotatable bonds is 5. The summed E-state index contributed by atoms with van der Waals surface area (Å²) in [6.07, 6.45) is 1.14. The lowest BCUT2D eigenvalue weighted by molar-refractivity contribution is -0.385. The molecule has 4 aromatic rings. The first-order chi connectivity index (χ1) is 15.0. The van der Waals surface area contributed by atoms with E-state index in [1.54, 1.807) is 0 Å². The molecular weight excluding hydrogens is 398 g/mol. The number of ether oxygens (including phenoxy) is 1. The minimum atomic E-state index is -0.606. The number of pyridine rings is 2. The van der Waals surface area contributed by atoms with Crippen LogP contribution < -0.4 is 5.56 Å². The van der Waals surface area contributed by atoms with E-state index in [0.717, 1.165) is 33.8 Å². The van der Waals surface area contributed by atoms with Gasteiger partial charge in [0.15, 0.2) is 0 Å². The summed E-state index contributed by atoms with van der Waals surface area (Å²) in [5, 5.41) is 11.9. The fraction of sp³-hybridized carbons (Fsp3) is 0.0870. The van der Waals surface area contributed by atoms with E-state index in [-0.39, 0.29) is 23.5 Å². The highest BCUT2D eigenvalue weighted by Crippen LogP contribution is 2.34. The molecule has 0 fully saturated rings. The first-order valence-electron chi connectivity index (χ1n) is 9.40. The van der Waals surface area contributed by atoms with E-state index in [0.29, 0.717) is 11.1 Å². The second kappa shape index (κ2) is 8.19. The van der Waals surface area contributed by atoms with E-state index in [1.165, 1.54) is 7.11 Å². The topological polar surface area (TPSA) is 104 Å². The van der Waals surface area contributed by atoms with Gasteiger partial charge in [0.25, 0.3) is 11.2 Å². The highest BCUT2D eigenvalue weighted by atomic mass is 16.6. The molecule has 8 heteroatoms. The van der Waals surface area contributed by atoms with Gasteiger partial charge in [0, 0.05) is 23.1 Å². The lowest BCUT2D eigenvalue weighted by Crippen LogP contribution is -2.22. The van der Waals surface area contributed by atoms with Gasteiger partial charge in [-0.1, -0.05) is 48.5 Å². The summed E-state index contributed by atoms with van der Waals surface area (Å²) in [6.45, 7) is -0.129. The Hall–Kier alpha value is -4.33. The second-order valence-corrected chi connectivity index (χ2v) is 6.79. The molecule has 2 aromatic heterocycles. The van der Waals surface area contributed by atoms with Gasteiger partial charge in [-0.05, 0) is 11.6 Å². The Kier molecular flexibility index (Phi) is 5.28. The van der Waals surface area contributed by atoms with Crippen molar-refractivity contribution in [1.82, 2.24) is 9.55 Å². The standard InChI is InChI=1S/C23H17N3O5/c1-31-23(28)22-19(14-25-13-16(26(29)30)11-12-20(25)27)24-18-10-6-5-9-17(18)21(22)15-7-3-2-4-8-15/h2-13H,14H2,1H3. The van der Waals surface area contributed by atoms with Gasteiger partial charge in [0.2, 0.25) is 0 Å². The number of hydrogen-bond acceptors (Lipinski definition) is 6. The van der Waals surface area contributed by atoms with Gasteiger partial charge in [-0.25, -0.2) is 9.78 Å². The van der Waals surface area contributed by atoms with E-state index in [1.807, 2.05) is 54.6 Å². The van der Waals surface area contributed by atoms with Gasteiger partial charge in [0.1, 0.15) is 0 Å². The van der Waals surface area contributed by atoms with Gasteiger partial charge in [-0.15, -0.1) is 0 Å². The van der Waals surface area contributed by atoms with E-state index in [9.17, 15) is 19.7 Å². The highest BCUT2D eigenvalue weighted by Gasteiger charge is 2.23. The monoisotopic (exact) mass is 415 g/mol. The molecule has 0 amide bonds. The average Bonchev–Trinajstić information content (AvgIpc) is 2.79. The van der Waals surface area contributed by atoms with Crippen LogP contribution in [-0.4, -0.2) is 27.6 Å². The maximum Gasteiger partial charge on any atom is 0.340 e. The smallest absolute Gasteiger partial charge is 0.340 e. The Morgan fingerprint density at radius 2 is 1.77 bits per heavy atom. The number of nitrogens with zero attached hydrogens (tertiary/aromatic N) is 3. The number of aromatic nitrogens is 2. The SMILES string of the molecule is COC(=O)c1c(Cn2cc([N+](=O)[O-])ccc2=O)nc2ccccc2c1-c1ccccc1.